The molecule has 0 aliphatic carbocycles. The maximum absolute atomic E-state index is 12.9. The molecule has 37 heavy (non-hydrogen) atoms. The number of carbonyl (C=O) groups is 2. The number of rotatable bonds is 12. The van der Waals surface area contributed by atoms with Crippen LogP contribution in [-0.4, -0.2) is 36.8 Å². The highest BCUT2D eigenvalue weighted by atomic mass is 16.5. The van der Waals surface area contributed by atoms with Gasteiger partial charge < -0.3 is 24.6 Å². The number of carboxylic acids is 1. The van der Waals surface area contributed by atoms with Crippen molar-refractivity contribution in [2.45, 2.75) is 61.3 Å². The summed E-state index contributed by atoms with van der Waals surface area (Å²) in [6, 6.07) is 12.8. The van der Waals surface area contributed by atoms with Gasteiger partial charge in [0.2, 0.25) is 5.91 Å². The molecule has 2 N–H and O–H groups in total. The SMILES string of the molecule is C/C(=C\C(=O)Nc1ccccc1OCCCC(=O)O)c1cc(OCC(C)(C)C)cc(OCC(C)(C)C)c1. The number of benzene rings is 2. The van der Waals surface area contributed by atoms with Gasteiger partial charge in [0, 0.05) is 18.6 Å². The van der Waals surface area contributed by atoms with Gasteiger partial charge in [0.25, 0.3) is 0 Å². The van der Waals surface area contributed by atoms with Crippen molar-refractivity contribution in [2.24, 2.45) is 10.8 Å². The predicted octanol–water partition coefficient (Wildman–Crippen LogP) is 6.82. The first-order valence-electron chi connectivity index (χ1n) is 12.6. The molecular formula is C30H41NO6. The molecule has 2 aromatic carbocycles. The Bertz CT molecular complexity index is 1060. The highest BCUT2D eigenvalue weighted by Crippen LogP contribution is 2.30. The second kappa shape index (κ2) is 13.2. The van der Waals surface area contributed by atoms with Crippen molar-refractivity contribution in [3.05, 3.63) is 54.1 Å². The van der Waals surface area contributed by atoms with E-state index < -0.39 is 5.97 Å². The molecule has 0 unspecified atom stereocenters. The third-order valence-electron chi connectivity index (χ3n) is 4.96. The Morgan fingerprint density at radius 3 is 2.00 bits per heavy atom. The molecule has 1 amide bonds. The Morgan fingerprint density at radius 2 is 1.46 bits per heavy atom. The molecular weight excluding hydrogens is 470 g/mol. The molecule has 0 heterocycles. The van der Waals surface area contributed by atoms with Crippen LogP contribution in [0.2, 0.25) is 0 Å². The number of hydrogen-bond donors (Lipinski definition) is 2. The second-order valence-corrected chi connectivity index (χ2v) is 11.6. The standard InChI is InChI=1S/C30H41NO6/c1-21(15-27(32)31-25-11-8-9-12-26(25)35-14-10-13-28(33)34)22-16-23(36-19-29(2,3)4)18-24(17-22)37-20-30(5,6)7/h8-9,11-12,15-18H,10,13-14,19-20H2,1-7H3,(H,31,32)(H,33,34)/b21-15+. The van der Waals surface area contributed by atoms with Gasteiger partial charge in [0.1, 0.15) is 17.2 Å². The maximum Gasteiger partial charge on any atom is 0.303 e. The molecule has 7 heteroatoms. The number of amides is 1. The lowest BCUT2D eigenvalue weighted by molar-refractivity contribution is -0.137. The van der Waals surface area contributed by atoms with Gasteiger partial charge in [0.15, 0.2) is 0 Å². The van der Waals surface area contributed by atoms with Crippen LogP contribution in [0.25, 0.3) is 5.57 Å². The zero-order valence-corrected chi connectivity index (χ0v) is 23.1. The maximum atomic E-state index is 12.9. The van der Waals surface area contributed by atoms with E-state index in [1.165, 1.54) is 6.08 Å². The molecule has 0 aliphatic heterocycles. The van der Waals surface area contributed by atoms with Gasteiger partial charge in [0.05, 0.1) is 25.5 Å². The Balaban J connectivity index is 2.20. The average Bonchev–Trinajstić information content (AvgIpc) is 2.79. The van der Waals surface area contributed by atoms with Crippen molar-refractivity contribution in [1.29, 1.82) is 0 Å². The van der Waals surface area contributed by atoms with Crippen LogP contribution >= 0.6 is 0 Å². The number of para-hydroxylation sites is 2. The molecule has 0 fully saturated rings. The molecule has 0 radical (unpaired) electrons. The summed E-state index contributed by atoms with van der Waals surface area (Å²) in [7, 11) is 0. The number of aliphatic carboxylic acids is 1. The molecule has 0 bridgehead atoms. The van der Waals surface area contributed by atoms with Crippen LogP contribution in [0.15, 0.2) is 48.5 Å². The lowest BCUT2D eigenvalue weighted by atomic mass is 9.98. The van der Waals surface area contributed by atoms with Gasteiger partial charge in [-0.2, -0.15) is 0 Å². The third-order valence-corrected chi connectivity index (χ3v) is 4.96. The minimum absolute atomic E-state index is 0.00368. The number of carboxylic acid groups (broad SMARTS) is 1. The number of ether oxygens (including phenoxy) is 3. The normalized spacial score (nSPS) is 12.1. The summed E-state index contributed by atoms with van der Waals surface area (Å²) in [6.07, 6.45) is 1.93. The molecule has 0 atom stereocenters. The van der Waals surface area contributed by atoms with E-state index in [1.54, 1.807) is 24.3 Å². The molecule has 0 saturated carbocycles. The van der Waals surface area contributed by atoms with Crippen LogP contribution in [0.1, 0.15) is 66.9 Å². The van der Waals surface area contributed by atoms with E-state index in [4.69, 9.17) is 19.3 Å². The highest BCUT2D eigenvalue weighted by Gasteiger charge is 2.15. The van der Waals surface area contributed by atoms with Crippen LogP contribution in [0.3, 0.4) is 0 Å². The van der Waals surface area contributed by atoms with Gasteiger partial charge in [-0.3, -0.25) is 9.59 Å². The quantitative estimate of drug-likeness (QED) is 0.240. The Morgan fingerprint density at radius 1 is 0.892 bits per heavy atom. The fraction of sp³-hybridized carbons (Fsp3) is 0.467. The molecule has 0 spiro atoms. The first-order valence-corrected chi connectivity index (χ1v) is 12.6. The zero-order valence-electron chi connectivity index (χ0n) is 23.1. The first kappa shape index (κ1) is 29.7. The van der Waals surface area contributed by atoms with Crippen LogP contribution in [0.5, 0.6) is 17.2 Å². The zero-order chi connectivity index (χ0) is 27.6. The van der Waals surface area contributed by atoms with E-state index in [2.05, 4.69) is 46.9 Å². The van der Waals surface area contributed by atoms with Crippen molar-refractivity contribution in [3.8, 4) is 17.2 Å². The van der Waals surface area contributed by atoms with Gasteiger partial charge in [-0.25, -0.2) is 0 Å². The molecule has 0 saturated heterocycles. The van der Waals surface area contributed by atoms with Crippen LogP contribution in [0.4, 0.5) is 5.69 Å². The van der Waals surface area contributed by atoms with E-state index in [-0.39, 0.29) is 29.8 Å². The highest BCUT2D eigenvalue weighted by molar-refractivity contribution is 6.04. The fourth-order valence-electron chi connectivity index (χ4n) is 3.12. The minimum atomic E-state index is -0.870. The summed E-state index contributed by atoms with van der Waals surface area (Å²) >= 11 is 0. The van der Waals surface area contributed by atoms with Gasteiger partial charge in [-0.15, -0.1) is 0 Å². The van der Waals surface area contributed by atoms with Crippen molar-refractivity contribution >= 4 is 23.1 Å². The largest absolute Gasteiger partial charge is 0.493 e. The third kappa shape index (κ3) is 11.9. The Kier molecular flexibility index (Phi) is 10.6. The number of nitrogens with one attached hydrogen (secondary N) is 1. The number of carbonyl (C=O) groups excluding carboxylic acids is 1. The van der Waals surface area contributed by atoms with Crippen molar-refractivity contribution in [1.82, 2.24) is 0 Å². The average molecular weight is 512 g/mol. The monoisotopic (exact) mass is 511 g/mol. The molecule has 0 aliphatic rings. The first-order chi connectivity index (χ1) is 17.2. The lowest BCUT2D eigenvalue weighted by Gasteiger charge is -2.22. The molecule has 202 valence electrons. The Labute approximate surface area is 220 Å². The molecule has 0 aromatic heterocycles. The lowest BCUT2D eigenvalue weighted by Crippen LogP contribution is -2.18. The van der Waals surface area contributed by atoms with Crippen LogP contribution in [-0.2, 0) is 9.59 Å². The molecule has 2 rings (SSSR count). The van der Waals surface area contributed by atoms with E-state index in [0.29, 0.717) is 42.6 Å². The van der Waals surface area contributed by atoms with Crippen molar-refractivity contribution in [2.75, 3.05) is 25.1 Å². The van der Waals surface area contributed by atoms with Crippen LogP contribution in [0, 0.1) is 10.8 Å². The smallest absolute Gasteiger partial charge is 0.303 e. The molecule has 7 nitrogen and oxygen atoms in total. The van der Waals surface area contributed by atoms with E-state index >= 15 is 0 Å². The molecule has 2 aromatic rings. The van der Waals surface area contributed by atoms with Crippen molar-refractivity contribution in [3.63, 3.8) is 0 Å². The van der Waals surface area contributed by atoms with Crippen molar-refractivity contribution < 1.29 is 28.9 Å². The van der Waals surface area contributed by atoms with E-state index in [0.717, 1.165) is 11.1 Å². The van der Waals surface area contributed by atoms with Gasteiger partial charge in [-0.05, 0) is 59.6 Å². The fourth-order valence-corrected chi connectivity index (χ4v) is 3.12. The summed E-state index contributed by atoms with van der Waals surface area (Å²) in [6.45, 7) is 15.8. The topological polar surface area (TPSA) is 94.1 Å². The summed E-state index contributed by atoms with van der Waals surface area (Å²) in [4.78, 5) is 23.6. The number of anilines is 1. The van der Waals surface area contributed by atoms with Gasteiger partial charge >= 0.3 is 5.97 Å². The number of allylic oxidation sites excluding steroid dienone is 1. The number of hydrogen-bond acceptors (Lipinski definition) is 5. The van der Waals surface area contributed by atoms with Crippen LogP contribution < -0.4 is 19.5 Å². The summed E-state index contributed by atoms with van der Waals surface area (Å²) in [5, 5.41) is 11.7. The van der Waals surface area contributed by atoms with E-state index in [9.17, 15) is 9.59 Å². The second-order valence-electron chi connectivity index (χ2n) is 11.6. The van der Waals surface area contributed by atoms with E-state index in [1.807, 2.05) is 25.1 Å². The van der Waals surface area contributed by atoms with Gasteiger partial charge in [-0.1, -0.05) is 53.7 Å². The predicted molar refractivity (Wildman–Crippen MR) is 147 cm³/mol. The minimum Gasteiger partial charge on any atom is -0.493 e. The summed E-state index contributed by atoms with van der Waals surface area (Å²) in [5.41, 5.74) is 2.08. The Hall–Kier alpha value is -3.48. The summed E-state index contributed by atoms with van der Waals surface area (Å²) in [5.74, 6) is 0.680. The summed E-state index contributed by atoms with van der Waals surface area (Å²) < 4.78 is 17.8.